The van der Waals surface area contributed by atoms with Crippen LogP contribution in [0.1, 0.15) is 2.85 Å². The molecule has 0 aromatic heterocycles. The Morgan fingerprint density at radius 3 is 1.29 bits per heavy atom. The summed E-state index contributed by atoms with van der Waals surface area (Å²) >= 11 is 0. The molecule has 44 valence electrons. The van der Waals surface area contributed by atoms with Gasteiger partial charge in [0, 0.05) is 0 Å². The molecule has 0 spiro atoms. The Hall–Kier alpha value is 1.91. The zero-order chi connectivity index (χ0) is 4.50. The summed E-state index contributed by atoms with van der Waals surface area (Å²) in [7, 11) is -4.64. The van der Waals surface area contributed by atoms with E-state index in [1.165, 1.54) is 0 Å². The standard InChI is InChI=1S/Ca.GeH4.H3O4P.2H/c;;1-5(2,3)4;;/h;1H4;(H3,1,2,3,4);;/q+2;;;2*-1. The van der Waals surface area contributed by atoms with E-state index in [1.807, 2.05) is 0 Å². The van der Waals surface area contributed by atoms with Gasteiger partial charge in [0.1, 0.15) is 0 Å². The molecule has 0 saturated carbocycles. The molecular formula is H9CaGeO4P. The van der Waals surface area contributed by atoms with Gasteiger partial charge in [-0.15, -0.1) is 0 Å². The van der Waals surface area contributed by atoms with E-state index in [4.69, 9.17) is 19.2 Å². The second-order valence-electron chi connectivity index (χ2n) is 0.513. The van der Waals surface area contributed by atoms with Gasteiger partial charge in [-0.05, 0) is 0 Å². The monoisotopic (exact) mass is 218 g/mol. The number of phosphoric acid groups is 1. The van der Waals surface area contributed by atoms with Crippen LogP contribution in [0.4, 0.5) is 0 Å². The third-order valence-electron chi connectivity index (χ3n) is 0. The molecule has 0 unspecified atom stereocenters. The number of rotatable bonds is 0. The fraction of sp³-hybridized carbons (Fsp3) is 0. The summed E-state index contributed by atoms with van der Waals surface area (Å²) in [4.78, 5) is 21.6. The van der Waals surface area contributed by atoms with Crippen LogP contribution >= 0.6 is 7.82 Å². The molecule has 0 aliphatic heterocycles. The molecular weight excluding hydrogens is 208 g/mol. The molecule has 0 heterocycles. The van der Waals surface area contributed by atoms with E-state index in [1.54, 1.807) is 0 Å². The molecule has 0 bridgehead atoms. The van der Waals surface area contributed by atoms with Crippen molar-refractivity contribution in [1.29, 1.82) is 0 Å². The predicted molar refractivity (Wildman–Crippen MR) is 33.6 cm³/mol. The molecule has 0 atom stereocenters. The molecule has 3 N–H and O–H groups in total. The third-order valence-corrected chi connectivity index (χ3v) is 0. The van der Waals surface area contributed by atoms with Gasteiger partial charge < -0.3 is 17.5 Å². The predicted octanol–water partition coefficient (Wildman–Crippen LogP) is -2.54. The van der Waals surface area contributed by atoms with E-state index in [0.717, 1.165) is 0 Å². The zero-order valence-corrected chi connectivity index (χ0v) is 6.01. The van der Waals surface area contributed by atoms with Crippen molar-refractivity contribution in [3.63, 3.8) is 0 Å². The molecule has 0 aromatic rings. The second kappa shape index (κ2) is 6.04. The molecule has 4 nitrogen and oxygen atoms in total. The minimum Gasteiger partial charge on any atom is -1.00 e. The average Bonchev–Trinajstić information content (AvgIpc) is 0.722. The van der Waals surface area contributed by atoms with E-state index < -0.39 is 7.82 Å². The van der Waals surface area contributed by atoms with Crippen molar-refractivity contribution < 1.29 is 22.1 Å². The maximum atomic E-state index is 8.88. The summed E-state index contributed by atoms with van der Waals surface area (Å²) in [5.41, 5.74) is 0. The summed E-state index contributed by atoms with van der Waals surface area (Å²) in [5.74, 6) is 0. The van der Waals surface area contributed by atoms with Gasteiger partial charge in [-0.2, -0.15) is 0 Å². The normalized spacial score (nSPS) is 8.43. The summed E-state index contributed by atoms with van der Waals surface area (Å²) < 4.78 is 8.88. The van der Waals surface area contributed by atoms with E-state index in [2.05, 4.69) is 0 Å². The van der Waals surface area contributed by atoms with Crippen molar-refractivity contribution in [3.8, 4) is 0 Å². The summed E-state index contributed by atoms with van der Waals surface area (Å²) in [6, 6.07) is 0. The van der Waals surface area contributed by atoms with Crippen LogP contribution in [0, 0.1) is 0 Å². The van der Waals surface area contributed by atoms with Crippen molar-refractivity contribution in [3.05, 3.63) is 0 Å². The smallest absolute Gasteiger partial charge is 1.00 e. The largest absolute Gasteiger partial charge is 1.00 e. The molecule has 0 aliphatic rings. The van der Waals surface area contributed by atoms with Crippen molar-refractivity contribution >= 4 is 63.2 Å². The van der Waals surface area contributed by atoms with E-state index in [-0.39, 0.29) is 58.2 Å². The Kier molecular flexibility index (Phi) is 13.8. The van der Waals surface area contributed by atoms with Gasteiger partial charge in [0.25, 0.3) is 0 Å². The maximum absolute atomic E-state index is 8.88. The summed E-state index contributed by atoms with van der Waals surface area (Å²) in [6.07, 6.45) is 0. The van der Waals surface area contributed by atoms with Crippen LogP contribution in [-0.2, 0) is 4.57 Å². The molecule has 0 radical (unpaired) electrons. The van der Waals surface area contributed by atoms with Crippen molar-refractivity contribution in [2.24, 2.45) is 0 Å². The SMILES string of the molecule is O=P(O)(O)O.[Ca+2].[GeH4].[H-].[H-]. The number of hydrogen-bond acceptors (Lipinski definition) is 1. The van der Waals surface area contributed by atoms with Crippen molar-refractivity contribution in [2.45, 2.75) is 0 Å². The van der Waals surface area contributed by atoms with Gasteiger partial charge in [0.15, 0.2) is 0 Å². The van der Waals surface area contributed by atoms with Crippen LogP contribution in [0.15, 0.2) is 0 Å². The number of hydrogen-bond donors (Lipinski definition) is 3. The first-order valence-corrected chi connectivity index (χ1v) is 2.35. The van der Waals surface area contributed by atoms with Crippen LogP contribution in [-0.4, -0.2) is 70.0 Å². The van der Waals surface area contributed by atoms with Gasteiger partial charge >= 0.3 is 63.2 Å². The quantitative estimate of drug-likeness (QED) is 0.308. The van der Waals surface area contributed by atoms with Crippen LogP contribution in [0.3, 0.4) is 0 Å². The maximum Gasteiger partial charge on any atom is -1.00 e. The summed E-state index contributed by atoms with van der Waals surface area (Å²) in [6.45, 7) is 0. The Balaban J connectivity index is -0.0000000133. The molecule has 7 heteroatoms. The Bertz CT molecular complexity index is 64.7. The van der Waals surface area contributed by atoms with Gasteiger partial charge in [0.2, 0.25) is 0 Å². The zero-order valence-electron chi connectivity index (χ0n) is 4.90. The first-order chi connectivity index (χ1) is 2.00. The Morgan fingerprint density at radius 1 is 1.29 bits per heavy atom. The third kappa shape index (κ3) is 75.6. The second-order valence-corrected chi connectivity index (χ2v) is 1.54. The van der Waals surface area contributed by atoms with Gasteiger partial charge in [-0.1, -0.05) is 0 Å². The average molecular weight is 217 g/mol. The van der Waals surface area contributed by atoms with Gasteiger partial charge in [-0.3, -0.25) is 0 Å². The van der Waals surface area contributed by atoms with Crippen LogP contribution in [0.5, 0.6) is 0 Å². The van der Waals surface area contributed by atoms with Crippen LogP contribution < -0.4 is 0 Å². The van der Waals surface area contributed by atoms with E-state index in [0.29, 0.717) is 0 Å². The minimum atomic E-state index is -4.64. The molecule has 0 fully saturated rings. The molecule has 7 heavy (non-hydrogen) atoms. The van der Waals surface area contributed by atoms with Crippen molar-refractivity contribution in [1.82, 2.24) is 0 Å². The molecule has 0 aromatic carbocycles. The minimum absolute atomic E-state index is 0. The van der Waals surface area contributed by atoms with E-state index in [9.17, 15) is 0 Å². The molecule has 0 aliphatic carbocycles. The Morgan fingerprint density at radius 2 is 1.29 bits per heavy atom. The van der Waals surface area contributed by atoms with Crippen LogP contribution in [0.25, 0.3) is 0 Å². The Labute approximate surface area is 84.5 Å². The summed E-state index contributed by atoms with van der Waals surface area (Å²) in [5, 5.41) is 0. The molecule has 0 saturated heterocycles. The van der Waals surface area contributed by atoms with Gasteiger partial charge in [-0.25, -0.2) is 4.57 Å². The fourth-order valence-electron chi connectivity index (χ4n) is 0. The topological polar surface area (TPSA) is 77.8 Å². The first-order valence-electron chi connectivity index (χ1n) is 0.783. The van der Waals surface area contributed by atoms with Crippen LogP contribution in [0.2, 0.25) is 0 Å². The van der Waals surface area contributed by atoms with E-state index >= 15 is 0 Å². The molecule has 0 rings (SSSR count). The van der Waals surface area contributed by atoms with Crippen molar-refractivity contribution in [2.75, 3.05) is 0 Å². The van der Waals surface area contributed by atoms with Gasteiger partial charge in [0.05, 0.1) is 0 Å². The molecule has 0 amide bonds. The fourth-order valence-corrected chi connectivity index (χ4v) is 0. The first kappa shape index (κ1) is 16.0.